The SMILES string of the molecule is C[C@@H](O)CN1CCCC2C(=O)NCC21. The standard InChI is InChI=1S/C10H18N2O2/c1-7(13)6-12-4-2-3-8-9(12)5-11-10(8)14/h7-9,13H,2-6H2,1H3,(H,11,14)/t7-,8?,9?/m1/s1. The normalized spacial score (nSPS) is 35.1. The number of aliphatic hydroxyl groups is 1. The molecule has 0 bridgehead atoms. The van der Waals surface area contributed by atoms with Gasteiger partial charge < -0.3 is 10.4 Å². The fourth-order valence-electron chi connectivity index (χ4n) is 2.61. The Balaban J connectivity index is 2.01. The highest BCUT2D eigenvalue weighted by atomic mass is 16.3. The monoisotopic (exact) mass is 198 g/mol. The van der Waals surface area contributed by atoms with Gasteiger partial charge in [-0.15, -0.1) is 0 Å². The van der Waals surface area contributed by atoms with Crippen molar-refractivity contribution in [2.24, 2.45) is 5.92 Å². The van der Waals surface area contributed by atoms with E-state index in [1.807, 2.05) is 0 Å². The molecule has 0 aliphatic carbocycles. The van der Waals surface area contributed by atoms with Crippen LogP contribution in [-0.4, -0.2) is 47.7 Å². The van der Waals surface area contributed by atoms with Crippen LogP contribution in [0.3, 0.4) is 0 Å². The van der Waals surface area contributed by atoms with Gasteiger partial charge in [0.1, 0.15) is 0 Å². The van der Waals surface area contributed by atoms with Gasteiger partial charge in [-0.2, -0.15) is 0 Å². The molecule has 2 aliphatic rings. The summed E-state index contributed by atoms with van der Waals surface area (Å²) in [6, 6.07) is 0.325. The van der Waals surface area contributed by atoms with Gasteiger partial charge in [-0.3, -0.25) is 9.69 Å². The quantitative estimate of drug-likeness (QED) is 0.633. The summed E-state index contributed by atoms with van der Waals surface area (Å²) in [5.74, 6) is 0.368. The van der Waals surface area contributed by atoms with E-state index in [0.29, 0.717) is 12.6 Å². The molecule has 2 fully saturated rings. The van der Waals surface area contributed by atoms with Gasteiger partial charge in [-0.05, 0) is 26.3 Å². The predicted molar refractivity (Wildman–Crippen MR) is 52.8 cm³/mol. The number of carbonyl (C=O) groups is 1. The Bertz CT molecular complexity index is 230. The highest BCUT2D eigenvalue weighted by Gasteiger charge is 2.40. The van der Waals surface area contributed by atoms with Crippen LogP contribution in [0.4, 0.5) is 0 Å². The van der Waals surface area contributed by atoms with Crippen molar-refractivity contribution in [3.05, 3.63) is 0 Å². The van der Waals surface area contributed by atoms with E-state index >= 15 is 0 Å². The molecule has 2 N–H and O–H groups in total. The summed E-state index contributed by atoms with van der Waals surface area (Å²) in [6.45, 7) is 4.27. The van der Waals surface area contributed by atoms with Crippen molar-refractivity contribution in [3.8, 4) is 0 Å². The van der Waals surface area contributed by atoms with Crippen LogP contribution < -0.4 is 5.32 Å². The molecule has 0 saturated carbocycles. The van der Waals surface area contributed by atoms with E-state index in [4.69, 9.17) is 0 Å². The number of amides is 1. The van der Waals surface area contributed by atoms with Crippen LogP contribution in [0, 0.1) is 5.92 Å². The number of nitrogens with zero attached hydrogens (tertiary/aromatic N) is 1. The van der Waals surface area contributed by atoms with Crippen LogP contribution in [0.15, 0.2) is 0 Å². The molecule has 2 aliphatic heterocycles. The number of nitrogens with one attached hydrogen (secondary N) is 1. The maximum atomic E-state index is 11.4. The molecular formula is C10H18N2O2. The van der Waals surface area contributed by atoms with Gasteiger partial charge in [0.05, 0.1) is 12.0 Å². The van der Waals surface area contributed by atoms with Crippen LogP contribution in [0.2, 0.25) is 0 Å². The topological polar surface area (TPSA) is 52.6 Å². The molecule has 3 atom stereocenters. The Morgan fingerprint density at radius 1 is 1.71 bits per heavy atom. The number of piperidine rings is 1. The Morgan fingerprint density at radius 2 is 2.50 bits per heavy atom. The molecule has 0 aromatic rings. The van der Waals surface area contributed by atoms with Gasteiger partial charge in [-0.1, -0.05) is 0 Å². The first-order valence-corrected chi connectivity index (χ1v) is 5.38. The first kappa shape index (κ1) is 9.93. The summed E-state index contributed by atoms with van der Waals surface area (Å²) in [5, 5.41) is 12.2. The van der Waals surface area contributed by atoms with Crippen molar-refractivity contribution < 1.29 is 9.90 Å². The van der Waals surface area contributed by atoms with E-state index in [2.05, 4.69) is 10.2 Å². The van der Waals surface area contributed by atoms with Gasteiger partial charge >= 0.3 is 0 Å². The molecule has 0 aromatic carbocycles. The molecule has 0 aromatic heterocycles. The second kappa shape index (κ2) is 3.87. The van der Waals surface area contributed by atoms with Crippen molar-refractivity contribution >= 4 is 5.91 Å². The van der Waals surface area contributed by atoms with E-state index < -0.39 is 0 Å². The highest BCUT2D eigenvalue weighted by molar-refractivity contribution is 5.82. The van der Waals surface area contributed by atoms with Crippen LogP contribution in [0.5, 0.6) is 0 Å². The van der Waals surface area contributed by atoms with E-state index in [-0.39, 0.29) is 17.9 Å². The van der Waals surface area contributed by atoms with Crippen LogP contribution in [-0.2, 0) is 4.79 Å². The third-order valence-electron chi connectivity index (χ3n) is 3.21. The molecule has 2 rings (SSSR count). The van der Waals surface area contributed by atoms with Gasteiger partial charge in [0, 0.05) is 19.1 Å². The largest absolute Gasteiger partial charge is 0.392 e. The fraction of sp³-hybridized carbons (Fsp3) is 0.900. The maximum Gasteiger partial charge on any atom is 0.224 e. The predicted octanol–water partition coefficient (Wildman–Crippen LogP) is -0.422. The van der Waals surface area contributed by atoms with Crippen molar-refractivity contribution in [2.45, 2.75) is 31.9 Å². The van der Waals surface area contributed by atoms with Gasteiger partial charge in [0.15, 0.2) is 0 Å². The average molecular weight is 198 g/mol. The Kier molecular flexibility index (Phi) is 2.74. The lowest BCUT2D eigenvalue weighted by Gasteiger charge is -2.36. The highest BCUT2D eigenvalue weighted by Crippen LogP contribution is 2.27. The zero-order valence-electron chi connectivity index (χ0n) is 8.57. The zero-order valence-corrected chi connectivity index (χ0v) is 8.57. The van der Waals surface area contributed by atoms with Crippen molar-refractivity contribution in [1.82, 2.24) is 10.2 Å². The minimum atomic E-state index is -0.301. The van der Waals surface area contributed by atoms with Crippen LogP contribution in [0.25, 0.3) is 0 Å². The lowest BCUT2D eigenvalue weighted by Crippen LogP contribution is -2.48. The smallest absolute Gasteiger partial charge is 0.224 e. The van der Waals surface area contributed by atoms with E-state index in [9.17, 15) is 9.90 Å². The zero-order chi connectivity index (χ0) is 10.1. The molecule has 1 amide bonds. The van der Waals surface area contributed by atoms with E-state index in [1.165, 1.54) is 0 Å². The third kappa shape index (κ3) is 1.77. The molecule has 4 heteroatoms. The summed E-state index contributed by atoms with van der Waals surface area (Å²) in [7, 11) is 0. The average Bonchev–Trinajstić information content (AvgIpc) is 2.49. The number of fused-ring (bicyclic) bond motifs is 1. The van der Waals surface area contributed by atoms with Gasteiger partial charge in [0.25, 0.3) is 0 Å². The van der Waals surface area contributed by atoms with Gasteiger partial charge in [0.2, 0.25) is 5.91 Å². The molecule has 0 spiro atoms. The van der Waals surface area contributed by atoms with E-state index in [1.54, 1.807) is 6.92 Å². The maximum absolute atomic E-state index is 11.4. The molecular weight excluding hydrogens is 180 g/mol. The number of β-amino-alcohol motifs (C(OH)–C–C–N with tert-alkyl or cyclic N) is 1. The lowest BCUT2D eigenvalue weighted by molar-refractivity contribution is -0.124. The second-order valence-corrected chi connectivity index (χ2v) is 4.41. The minimum Gasteiger partial charge on any atom is -0.392 e. The molecule has 80 valence electrons. The molecule has 2 saturated heterocycles. The number of aliphatic hydroxyl groups excluding tert-OH is 1. The second-order valence-electron chi connectivity index (χ2n) is 4.41. The minimum absolute atomic E-state index is 0.169. The third-order valence-corrected chi connectivity index (χ3v) is 3.21. The van der Waals surface area contributed by atoms with Crippen molar-refractivity contribution in [2.75, 3.05) is 19.6 Å². The summed E-state index contributed by atoms with van der Waals surface area (Å²) in [4.78, 5) is 13.7. The van der Waals surface area contributed by atoms with E-state index in [0.717, 1.165) is 25.9 Å². The molecule has 2 unspecified atom stereocenters. The fourth-order valence-corrected chi connectivity index (χ4v) is 2.61. The molecule has 14 heavy (non-hydrogen) atoms. The summed E-state index contributed by atoms with van der Waals surface area (Å²) < 4.78 is 0. The van der Waals surface area contributed by atoms with Gasteiger partial charge in [-0.25, -0.2) is 0 Å². The number of carbonyl (C=O) groups excluding carboxylic acids is 1. The number of rotatable bonds is 2. The molecule has 0 radical (unpaired) electrons. The Labute approximate surface area is 84.3 Å². The van der Waals surface area contributed by atoms with Crippen molar-refractivity contribution in [1.29, 1.82) is 0 Å². The van der Waals surface area contributed by atoms with Crippen LogP contribution in [0.1, 0.15) is 19.8 Å². The molecule has 2 heterocycles. The summed E-state index contributed by atoms with van der Waals surface area (Å²) in [5.41, 5.74) is 0. The number of hydrogen-bond donors (Lipinski definition) is 2. The Morgan fingerprint density at radius 3 is 3.21 bits per heavy atom. The molecule has 4 nitrogen and oxygen atoms in total. The Hall–Kier alpha value is -0.610. The van der Waals surface area contributed by atoms with Crippen molar-refractivity contribution in [3.63, 3.8) is 0 Å². The summed E-state index contributed by atoms with van der Waals surface area (Å²) >= 11 is 0. The lowest BCUT2D eigenvalue weighted by atomic mass is 9.91. The summed E-state index contributed by atoms with van der Waals surface area (Å²) in [6.07, 6.45) is 1.78. The first-order valence-electron chi connectivity index (χ1n) is 5.38. The number of likely N-dealkylation sites (tertiary alicyclic amines) is 1. The number of hydrogen-bond acceptors (Lipinski definition) is 3. The first-order chi connectivity index (χ1) is 6.68. The van der Waals surface area contributed by atoms with Crippen LogP contribution >= 0.6 is 0 Å².